The van der Waals surface area contributed by atoms with Gasteiger partial charge in [-0.05, 0) is 56.3 Å². The number of hydrogen-bond donors (Lipinski definition) is 1. The van der Waals surface area contributed by atoms with Crippen LogP contribution in [0.25, 0.3) is 0 Å². The molecule has 3 heterocycles. The van der Waals surface area contributed by atoms with Crippen molar-refractivity contribution in [1.82, 2.24) is 19.8 Å². The Morgan fingerprint density at radius 3 is 2.39 bits per heavy atom. The van der Waals surface area contributed by atoms with Crippen LogP contribution in [0.3, 0.4) is 0 Å². The first-order valence-corrected chi connectivity index (χ1v) is 11.6. The van der Waals surface area contributed by atoms with E-state index in [9.17, 15) is 14.0 Å². The van der Waals surface area contributed by atoms with Crippen molar-refractivity contribution < 1.29 is 23.5 Å². The molecule has 1 saturated heterocycles. The third-order valence-electron chi connectivity index (χ3n) is 6.08. The highest BCUT2D eigenvalue weighted by atomic mass is 19.1. The monoisotopic (exact) mass is 493 g/mol. The Kier molecular flexibility index (Phi) is 7.74. The van der Waals surface area contributed by atoms with Crippen molar-refractivity contribution in [3.63, 3.8) is 0 Å². The molecule has 1 fully saturated rings. The van der Waals surface area contributed by atoms with Gasteiger partial charge in [0.15, 0.2) is 0 Å². The van der Waals surface area contributed by atoms with E-state index in [1.165, 1.54) is 43.8 Å². The summed E-state index contributed by atoms with van der Waals surface area (Å²) in [5, 5.41) is 2.83. The predicted octanol–water partition coefficient (Wildman–Crippen LogP) is 3.59. The van der Waals surface area contributed by atoms with Crippen LogP contribution in [0, 0.1) is 5.82 Å². The van der Waals surface area contributed by atoms with Gasteiger partial charge in [-0.2, -0.15) is 0 Å². The van der Waals surface area contributed by atoms with Crippen molar-refractivity contribution in [3.05, 3.63) is 72.3 Å². The van der Waals surface area contributed by atoms with Gasteiger partial charge in [-0.3, -0.25) is 14.5 Å². The van der Waals surface area contributed by atoms with E-state index in [0.29, 0.717) is 48.4 Å². The number of methoxy groups -OCH3 is 1. The number of nitrogens with zero attached hydrogens (tertiary/aromatic N) is 4. The van der Waals surface area contributed by atoms with Crippen LogP contribution in [0.15, 0.2) is 60.9 Å². The molecule has 10 heteroatoms. The summed E-state index contributed by atoms with van der Waals surface area (Å²) in [6.07, 6.45) is 3.00. The zero-order valence-corrected chi connectivity index (χ0v) is 20.3. The van der Waals surface area contributed by atoms with Gasteiger partial charge in [0.2, 0.25) is 11.8 Å². The Bertz CT molecular complexity index is 1190. The number of pyridine rings is 2. The van der Waals surface area contributed by atoms with Gasteiger partial charge in [-0.25, -0.2) is 14.4 Å². The second-order valence-corrected chi connectivity index (χ2v) is 8.53. The maximum atomic E-state index is 13.0. The van der Waals surface area contributed by atoms with E-state index in [1.807, 2.05) is 18.7 Å². The first-order valence-electron chi connectivity index (χ1n) is 11.6. The fourth-order valence-electron chi connectivity index (χ4n) is 3.98. The number of amides is 2. The van der Waals surface area contributed by atoms with E-state index >= 15 is 0 Å². The highest BCUT2D eigenvalue weighted by Crippen LogP contribution is 2.22. The minimum Gasteiger partial charge on any atom is -0.481 e. The number of aromatic nitrogens is 2. The summed E-state index contributed by atoms with van der Waals surface area (Å²) in [5.74, 6) is 1.17. The van der Waals surface area contributed by atoms with Crippen molar-refractivity contribution >= 4 is 17.6 Å². The summed E-state index contributed by atoms with van der Waals surface area (Å²) in [4.78, 5) is 38.0. The van der Waals surface area contributed by atoms with Gasteiger partial charge >= 0.3 is 0 Å². The molecule has 36 heavy (non-hydrogen) atoms. The number of rotatable bonds is 7. The molecule has 4 rings (SSSR count). The minimum atomic E-state index is -0.413. The number of nitrogens with one attached hydrogen (secondary N) is 1. The molecule has 1 aliphatic heterocycles. The smallest absolute Gasteiger partial charge is 0.255 e. The van der Waals surface area contributed by atoms with Crippen LogP contribution in [0.4, 0.5) is 10.2 Å². The number of piperazine rings is 1. The molecule has 1 aliphatic rings. The standard InChI is InChI=1S/C26H28FN5O4/c1-17-16-31(12-13-32(17)26(34)19-4-11-24(35-3)29-14-19)18(2)25(33)30-23-10-9-22(15-28-23)36-21-7-5-20(27)6-8-21/h4-11,14-15,17-18H,12-13,16H2,1-3H3,(H,28,30,33)/t17-,18?/m0/s1. The second-order valence-electron chi connectivity index (χ2n) is 8.53. The predicted molar refractivity (Wildman–Crippen MR) is 132 cm³/mol. The number of carbonyl (C=O) groups excluding carboxylic acids is 2. The highest BCUT2D eigenvalue weighted by Gasteiger charge is 2.32. The fraction of sp³-hybridized carbons (Fsp3) is 0.308. The van der Waals surface area contributed by atoms with Crippen molar-refractivity contribution in [2.75, 3.05) is 32.1 Å². The van der Waals surface area contributed by atoms with Crippen molar-refractivity contribution in [2.45, 2.75) is 25.9 Å². The Hall–Kier alpha value is -4.05. The number of carbonyl (C=O) groups is 2. The van der Waals surface area contributed by atoms with E-state index < -0.39 is 6.04 Å². The fourth-order valence-corrected chi connectivity index (χ4v) is 3.98. The lowest BCUT2D eigenvalue weighted by molar-refractivity contribution is -0.121. The van der Waals surface area contributed by atoms with E-state index in [4.69, 9.17) is 9.47 Å². The van der Waals surface area contributed by atoms with Gasteiger partial charge in [-0.1, -0.05) is 0 Å². The van der Waals surface area contributed by atoms with Crippen molar-refractivity contribution in [2.24, 2.45) is 0 Å². The summed E-state index contributed by atoms with van der Waals surface area (Å²) >= 11 is 0. The molecule has 2 aromatic heterocycles. The second kappa shape index (κ2) is 11.1. The molecular weight excluding hydrogens is 465 g/mol. The average molecular weight is 494 g/mol. The number of ether oxygens (including phenoxy) is 2. The quantitative estimate of drug-likeness (QED) is 0.537. The zero-order valence-electron chi connectivity index (χ0n) is 20.3. The summed E-state index contributed by atoms with van der Waals surface area (Å²) in [6.45, 7) is 5.41. The first-order chi connectivity index (χ1) is 17.3. The van der Waals surface area contributed by atoms with E-state index in [2.05, 4.69) is 15.3 Å². The number of hydrogen-bond acceptors (Lipinski definition) is 7. The van der Waals surface area contributed by atoms with Gasteiger partial charge in [0.1, 0.15) is 23.1 Å². The lowest BCUT2D eigenvalue weighted by atomic mass is 10.1. The van der Waals surface area contributed by atoms with Gasteiger partial charge in [0.25, 0.3) is 5.91 Å². The average Bonchev–Trinajstić information content (AvgIpc) is 2.90. The van der Waals surface area contributed by atoms with Crippen LogP contribution in [-0.2, 0) is 4.79 Å². The number of benzene rings is 1. The molecule has 3 aromatic rings. The lowest BCUT2D eigenvalue weighted by Gasteiger charge is -2.41. The third-order valence-corrected chi connectivity index (χ3v) is 6.08. The van der Waals surface area contributed by atoms with Gasteiger partial charge in [-0.15, -0.1) is 0 Å². The number of halogens is 1. The molecule has 1 aromatic carbocycles. The molecule has 0 saturated carbocycles. The zero-order chi connectivity index (χ0) is 25.7. The maximum Gasteiger partial charge on any atom is 0.255 e. The molecule has 2 atom stereocenters. The first kappa shape index (κ1) is 25.1. The SMILES string of the molecule is COc1ccc(C(=O)N2CCN(C(C)C(=O)Nc3ccc(Oc4ccc(F)cc4)cn3)C[C@@H]2C)cn1. The Labute approximate surface area is 208 Å². The molecule has 1 N–H and O–H groups in total. The minimum absolute atomic E-state index is 0.0791. The van der Waals surface area contributed by atoms with Gasteiger partial charge in [0, 0.05) is 37.9 Å². The van der Waals surface area contributed by atoms with E-state index in [0.717, 1.165) is 0 Å². The molecule has 2 amide bonds. The molecule has 1 unspecified atom stereocenters. The molecule has 0 radical (unpaired) electrons. The van der Waals surface area contributed by atoms with E-state index in [1.54, 1.807) is 29.2 Å². The summed E-state index contributed by atoms with van der Waals surface area (Å²) in [5.41, 5.74) is 0.500. The summed E-state index contributed by atoms with van der Waals surface area (Å²) < 4.78 is 23.7. The van der Waals surface area contributed by atoms with Gasteiger partial charge in [0.05, 0.1) is 24.9 Å². The van der Waals surface area contributed by atoms with Crippen LogP contribution in [0.1, 0.15) is 24.2 Å². The molecule has 188 valence electrons. The van der Waals surface area contributed by atoms with Gasteiger partial charge < -0.3 is 19.7 Å². The summed E-state index contributed by atoms with van der Waals surface area (Å²) in [7, 11) is 1.53. The Morgan fingerprint density at radius 2 is 1.78 bits per heavy atom. The molecule has 0 bridgehead atoms. The normalized spacial score (nSPS) is 16.8. The Morgan fingerprint density at radius 1 is 1.03 bits per heavy atom. The summed E-state index contributed by atoms with van der Waals surface area (Å²) in [6, 6.07) is 11.9. The van der Waals surface area contributed by atoms with E-state index in [-0.39, 0.29) is 23.7 Å². The van der Waals surface area contributed by atoms with Crippen LogP contribution < -0.4 is 14.8 Å². The maximum absolute atomic E-state index is 13.0. The third kappa shape index (κ3) is 5.95. The highest BCUT2D eigenvalue weighted by molar-refractivity contribution is 5.95. The van der Waals surface area contributed by atoms with Crippen LogP contribution >= 0.6 is 0 Å². The van der Waals surface area contributed by atoms with Crippen molar-refractivity contribution in [3.8, 4) is 17.4 Å². The van der Waals surface area contributed by atoms with Crippen LogP contribution in [0.5, 0.6) is 17.4 Å². The van der Waals surface area contributed by atoms with Crippen molar-refractivity contribution in [1.29, 1.82) is 0 Å². The van der Waals surface area contributed by atoms with Crippen LogP contribution in [0.2, 0.25) is 0 Å². The molecule has 9 nitrogen and oxygen atoms in total. The molecule has 0 aliphatic carbocycles. The topological polar surface area (TPSA) is 96.9 Å². The largest absolute Gasteiger partial charge is 0.481 e. The molecule has 0 spiro atoms. The molecular formula is C26H28FN5O4. The number of anilines is 1. The lowest BCUT2D eigenvalue weighted by Crippen LogP contribution is -2.57. The Balaban J connectivity index is 1.30. The van der Waals surface area contributed by atoms with Crippen LogP contribution in [-0.4, -0.2) is 70.4 Å².